The van der Waals surface area contributed by atoms with Crippen molar-refractivity contribution in [2.75, 3.05) is 10.8 Å². The largest absolute Gasteiger partial charge is 0.352 e. The highest BCUT2D eigenvalue weighted by Gasteiger charge is 2.33. The lowest BCUT2D eigenvalue weighted by atomic mass is 10.1. The van der Waals surface area contributed by atoms with Gasteiger partial charge in [-0.2, -0.15) is 0 Å². The van der Waals surface area contributed by atoms with E-state index in [1.807, 2.05) is 32.9 Å². The molecule has 3 rings (SSSR count). The first-order chi connectivity index (χ1) is 19.0. The van der Waals surface area contributed by atoms with Crippen LogP contribution in [0.3, 0.4) is 0 Å². The Kier molecular flexibility index (Phi) is 11.0. The van der Waals surface area contributed by atoms with Crippen LogP contribution in [0.4, 0.5) is 5.69 Å². The van der Waals surface area contributed by atoms with Gasteiger partial charge in [-0.15, -0.1) is 0 Å². The summed E-state index contributed by atoms with van der Waals surface area (Å²) in [6.45, 7) is 6.91. The Bertz CT molecular complexity index is 1420. The highest BCUT2D eigenvalue weighted by Crippen LogP contribution is 2.27. The van der Waals surface area contributed by atoms with Crippen molar-refractivity contribution in [2.24, 2.45) is 0 Å². The van der Waals surface area contributed by atoms with Gasteiger partial charge >= 0.3 is 0 Å². The standard InChI is InChI=1S/C30H35Cl2N3O4S/c1-5-21(3)33-30(37)22(4)34(19-24-14-15-25(31)18-28(24)32)29(36)20-35(26-16-12-23(6-2)13-17-26)40(38,39)27-10-8-7-9-11-27/h7-18,21-22H,5-6,19-20H2,1-4H3,(H,33,37)/t21-,22+/m1/s1. The monoisotopic (exact) mass is 603 g/mol. The highest BCUT2D eigenvalue weighted by atomic mass is 35.5. The molecular weight excluding hydrogens is 569 g/mol. The summed E-state index contributed by atoms with van der Waals surface area (Å²) in [6.07, 6.45) is 1.50. The number of nitrogens with zero attached hydrogens (tertiary/aromatic N) is 2. The van der Waals surface area contributed by atoms with Crippen molar-refractivity contribution in [2.45, 2.75) is 64.1 Å². The first kappa shape index (κ1) is 31.5. The van der Waals surface area contributed by atoms with Gasteiger partial charge in [0.05, 0.1) is 10.6 Å². The second-order valence-corrected chi connectivity index (χ2v) is 12.3. The molecule has 0 saturated heterocycles. The molecule has 10 heteroatoms. The molecule has 0 fully saturated rings. The molecule has 0 unspecified atom stereocenters. The minimum Gasteiger partial charge on any atom is -0.352 e. The van der Waals surface area contributed by atoms with E-state index < -0.39 is 28.5 Å². The van der Waals surface area contributed by atoms with Gasteiger partial charge in [-0.25, -0.2) is 8.42 Å². The van der Waals surface area contributed by atoms with Crippen LogP contribution < -0.4 is 9.62 Å². The smallest absolute Gasteiger partial charge is 0.264 e. The number of carbonyl (C=O) groups is 2. The number of amides is 2. The van der Waals surface area contributed by atoms with E-state index in [-0.39, 0.29) is 23.4 Å². The third-order valence-corrected chi connectivity index (χ3v) is 9.14. The minimum absolute atomic E-state index is 0.0159. The Morgan fingerprint density at radius 1 is 0.925 bits per heavy atom. The van der Waals surface area contributed by atoms with Gasteiger partial charge < -0.3 is 10.2 Å². The van der Waals surface area contributed by atoms with Gasteiger partial charge in [0.15, 0.2) is 0 Å². The first-order valence-corrected chi connectivity index (χ1v) is 15.4. The third-order valence-electron chi connectivity index (χ3n) is 6.77. The van der Waals surface area contributed by atoms with Gasteiger partial charge in [-0.1, -0.05) is 73.4 Å². The normalized spacial score (nSPS) is 12.8. The molecule has 0 heterocycles. The number of aryl methyl sites for hydroxylation is 1. The van der Waals surface area contributed by atoms with E-state index in [1.54, 1.807) is 55.5 Å². The lowest BCUT2D eigenvalue weighted by Gasteiger charge is -2.32. The van der Waals surface area contributed by atoms with E-state index in [9.17, 15) is 18.0 Å². The number of hydrogen-bond donors (Lipinski definition) is 1. The van der Waals surface area contributed by atoms with E-state index in [0.29, 0.717) is 27.7 Å². The lowest BCUT2D eigenvalue weighted by Crippen LogP contribution is -2.52. The molecule has 1 N–H and O–H groups in total. The molecule has 2 amide bonds. The van der Waals surface area contributed by atoms with Crippen LogP contribution in [-0.2, 0) is 32.6 Å². The zero-order chi connectivity index (χ0) is 29.4. The fourth-order valence-corrected chi connectivity index (χ4v) is 5.93. The molecule has 0 spiro atoms. The molecule has 7 nitrogen and oxygen atoms in total. The van der Waals surface area contributed by atoms with Crippen molar-refractivity contribution in [1.29, 1.82) is 0 Å². The van der Waals surface area contributed by atoms with E-state index in [4.69, 9.17) is 23.2 Å². The second-order valence-electron chi connectivity index (χ2n) is 9.60. The van der Waals surface area contributed by atoms with Crippen molar-refractivity contribution in [3.63, 3.8) is 0 Å². The quantitative estimate of drug-likeness (QED) is 0.272. The molecule has 0 aromatic heterocycles. The van der Waals surface area contributed by atoms with Crippen molar-refractivity contribution >= 4 is 50.7 Å². The number of rotatable bonds is 12. The number of hydrogen-bond acceptors (Lipinski definition) is 4. The van der Waals surface area contributed by atoms with E-state index in [0.717, 1.165) is 16.3 Å². The molecule has 0 aliphatic heterocycles. The Morgan fingerprint density at radius 2 is 1.57 bits per heavy atom. The van der Waals surface area contributed by atoms with E-state index in [1.165, 1.54) is 17.0 Å². The summed E-state index contributed by atoms with van der Waals surface area (Å²) in [7, 11) is -4.12. The molecule has 2 atom stereocenters. The number of anilines is 1. The Labute approximate surface area is 247 Å². The van der Waals surface area contributed by atoms with Gasteiger partial charge in [0.25, 0.3) is 10.0 Å². The van der Waals surface area contributed by atoms with Gasteiger partial charge in [-0.05, 0) is 74.2 Å². The average Bonchev–Trinajstić information content (AvgIpc) is 2.95. The van der Waals surface area contributed by atoms with Crippen LogP contribution in [0, 0.1) is 0 Å². The summed E-state index contributed by atoms with van der Waals surface area (Å²) in [6, 6.07) is 18.9. The SMILES string of the molecule is CCc1ccc(N(CC(=O)N(Cc2ccc(Cl)cc2Cl)[C@@H](C)C(=O)N[C@H](C)CC)S(=O)(=O)c2ccccc2)cc1. The summed E-state index contributed by atoms with van der Waals surface area (Å²) in [4.78, 5) is 28.5. The maximum Gasteiger partial charge on any atom is 0.264 e. The first-order valence-electron chi connectivity index (χ1n) is 13.2. The zero-order valence-electron chi connectivity index (χ0n) is 23.1. The zero-order valence-corrected chi connectivity index (χ0v) is 25.4. The number of sulfonamides is 1. The molecule has 0 saturated carbocycles. The highest BCUT2D eigenvalue weighted by molar-refractivity contribution is 7.92. The maximum atomic E-state index is 14.0. The summed E-state index contributed by atoms with van der Waals surface area (Å²) in [5.74, 6) is -0.908. The van der Waals surface area contributed by atoms with Gasteiger partial charge in [0.1, 0.15) is 12.6 Å². The van der Waals surface area contributed by atoms with E-state index in [2.05, 4.69) is 5.32 Å². The molecule has 0 radical (unpaired) electrons. The number of nitrogens with one attached hydrogen (secondary N) is 1. The van der Waals surface area contributed by atoms with Crippen LogP contribution in [0.25, 0.3) is 0 Å². The predicted molar refractivity (Wildman–Crippen MR) is 161 cm³/mol. The fourth-order valence-electron chi connectivity index (χ4n) is 4.03. The predicted octanol–water partition coefficient (Wildman–Crippen LogP) is 6.08. The van der Waals surface area contributed by atoms with Crippen molar-refractivity contribution < 1.29 is 18.0 Å². The number of benzene rings is 3. The average molecular weight is 605 g/mol. The summed E-state index contributed by atoms with van der Waals surface area (Å²) in [5, 5.41) is 3.68. The van der Waals surface area contributed by atoms with Gasteiger partial charge in [0.2, 0.25) is 11.8 Å². The fraction of sp³-hybridized carbons (Fsp3) is 0.333. The van der Waals surface area contributed by atoms with Crippen LogP contribution in [0.1, 0.15) is 45.2 Å². The van der Waals surface area contributed by atoms with E-state index >= 15 is 0 Å². The van der Waals surface area contributed by atoms with Crippen molar-refractivity contribution in [1.82, 2.24) is 10.2 Å². The molecule has 40 heavy (non-hydrogen) atoms. The lowest BCUT2D eigenvalue weighted by molar-refractivity contribution is -0.139. The second kappa shape index (κ2) is 14.0. The topological polar surface area (TPSA) is 86.8 Å². The van der Waals surface area contributed by atoms with Crippen LogP contribution >= 0.6 is 23.2 Å². The molecule has 214 valence electrons. The van der Waals surface area contributed by atoms with Crippen LogP contribution in [0.15, 0.2) is 77.7 Å². The maximum absolute atomic E-state index is 14.0. The molecule has 0 aliphatic carbocycles. The van der Waals surface area contributed by atoms with Gasteiger partial charge in [-0.3, -0.25) is 13.9 Å². The molecule has 0 aliphatic rings. The summed E-state index contributed by atoms with van der Waals surface area (Å²) < 4.78 is 28.7. The molecule has 3 aromatic carbocycles. The minimum atomic E-state index is -4.12. The van der Waals surface area contributed by atoms with Gasteiger partial charge in [0, 0.05) is 22.6 Å². The Balaban J connectivity index is 2.04. The molecule has 0 bridgehead atoms. The van der Waals surface area contributed by atoms with Crippen molar-refractivity contribution in [3.8, 4) is 0 Å². The third kappa shape index (κ3) is 7.77. The number of carbonyl (C=O) groups excluding carboxylic acids is 2. The van der Waals surface area contributed by atoms with Crippen LogP contribution in [0.2, 0.25) is 10.0 Å². The Morgan fingerprint density at radius 3 is 2.15 bits per heavy atom. The number of halogens is 2. The summed E-state index contributed by atoms with van der Waals surface area (Å²) >= 11 is 12.5. The van der Waals surface area contributed by atoms with Crippen LogP contribution in [-0.4, -0.2) is 43.8 Å². The molecular formula is C30H35Cl2N3O4S. The summed E-state index contributed by atoms with van der Waals surface area (Å²) in [5.41, 5.74) is 1.95. The van der Waals surface area contributed by atoms with Crippen LogP contribution in [0.5, 0.6) is 0 Å². The van der Waals surface area contributed by atoms with Crippen molar-refractivity contribution in [3.05, 3.63) is 94.0 Å². The Hall–Kier alpha value is -3.07. The molecule has 3 aromatic rings.